The van der Waals surface area contributed by atoms with Gasteiger partial charge in [0.05, 0.1) is 16.6 Å². The van der Waals surface area contributed by atoms with Crippen molar-refractivity contribution in [2.24, 2.45) is 0 Å². The summed E-state index contributed by atoms with van der Waals surface area (Å²) in [4.78, 5) is 0. The zero-order valence-electron chi connectivity index (χ0n) is 10.4. The SMILES string of the molecule is Cc1ccc(CNc2cc(Cl)c(OC(F)F)c(Cl)c2)o1. The summed E-state index contributed by atoms with van der Waals surface area (Å²) in [6.07, 6.45) is 0. The normalized spacial score (nSPS) is 10.9. The van der Waals surface area contributed by atoms with E-state index >= 15 is 0 Å². The minimum absolute atomic E-state index is 0.0101. The number of ether oxygens (including phenoxy) is 1. The highest BCUT2D eigenvalue weighted by Crippen LogP contribution is 2.37. The molecule has 0 saturated heterocycles. The quantitative estimate of drug-likeness (QED) is 0.831. The van der Waals surface area contributed by atoms with Crippen LogP contribution in [0, 0.1) is 6.92 Å². The summed E-state index contributed by atoms with van der Waals surface area (Å²) < 4.78 is 34.0. The lowest BCUT2D eigenvalue weighted by molar-refractivity contribution is -0.0497. The van der Waals surface area contributed by atoms with Crippen molar-refractivity contribution in [3.05, 3.63) is 45.8 Å². The summed E-state index contributed by atoms with van der Waals surface area (Å²) in [6, 6.07) is 6.60. The van der Waals surface area contributed by atoms with Gasteiger partial charge in [0.1, 0.15) is 11.5 Å². The molecule has 1 aromatic carbocycles. The molecule has 1 aromatic heterocycles. The predicted molar refractivity (Wildman–Crippen MR) is 73.9 cm³/mol. The number of benzene rings is 1. The highest BCUT2D eigenvalue weighted by Gasteiger charge is 2.14. The maximum atomic E-state index is 12.2. The van der Waals surface area contributed by atoms with Crippen LogP contribution < -0.4 is 10.1 Å². The van der Waals surface area contributed by atoms with Gasteiger partial charge in [-0.3, -0.25) is 0 Å². The summed E-state index contributed by atoms with van der Waals surface area (Å²) in [5, 5.41) is 3.05. The van der Waals surface area contributed by atoms with Crippen LogP contribution in [0.4, 0.5) is 14.5 Å². The van der Waals surface area contributed by atoms with Gasteiger partial charge in [-0.2, -0.15) is 8.78 Å². The van der Waals surface area contributed by atoms with Crippen molar-refractivity contribution in [1.82, 2.24) is 0 Å². The van der Waals surface area contributed by atoms with Crippen LogP contribution in [0.25, 0.3) is 0 Å². The molecule has 108 valence electrons. The number of furan rings is 1. The van der Waals surface area contributed by atoms with Crippen molar-refractivity contribution < 1.29 is 17.9 Å². The van der Waals surface area contributed by atoms with E-state index in [1.807, 2.05) is 19.1 Å². The molecule has 0 aliphatic rings. The Morgan fingerprint density at radius 1 is 1.25 bits per heavy atom. The first-order valence-electron chi connectivity index (χ1n) is 5.68. The molecule has 0 atom stereocenters. The Labute approximate surface area is 124 Å². The number of hydrogen-bond acceptors (Lipinski definition) is 3. The molecule has 0 saturated carbocycles. The summed E-state index contributed by atoms with van der Waals surface area (Å²) >= 11 is 11.7. The van der Waals surface area contributed by atoms with E-state index in [1.54, 1.807) is 0 Å². The standard InChI is InChI=1S/C13H11Cl2F2NO2/c1-7-2-3-9(19-7)6-18-8-4-10(14)12(11(15)5-8)20-13(16)17/h2-5,13,18H,6H2,1H3. The fourth-order valence-electron chi connectivity index (χ4n) is 1.63. The van der Waals surface area contributed by atoms with Crippen LogP contribution in [0.1, 0.15) is 11.5 Å². The Hall–Kier alpha value is -1.46. The van der Waals surface area contributed by atoms with Gasteiger partial charge in [-0.05, 0) is 31.2 Å². The third-order valence-electron chi connectivity index (χ3n) is 2.47. The molecule has 0 amide bonds. The molecular weight excluding hydrogens is 311 g/mol. The number of halogens is 4. The molecule has 1 N–H and O–H groups in total. The van der Waals surface area contributed by atoms with Crippen molar-refractivity contribution in [1.29, 1.82) is 0 Å². The van der Waals surface area contributed by atoms with Gasteiger partial charge in [0.25, 0.3) is 0 Å². The molecule has 0 unspecified atom stereocenters. The topological polar surface area (TPSA) is 34.4 Å². The lowest BCUT2D eigenvalue weighted by Crippen LogP contribution is -2.04. The highest BCUT2D eigenvalue weighted by atomic mass is 35.5. The highest BCUT2D eigenvalue weighted by molar-refractivity contribution is 6.37. The van der Waals surface area contributed by atoms with Gasteiger partial charge in [0.15, 0.2) is 5.75 Å². The van der Waals surface area contributed by atoms with Crippen LogP contribution in [-0.2, 0) is 6.54 Å². The zero-order valence-corrected chi connectivity index (χ0v) is 11.9. The van der Waals surface area contributed by atoms with E-state index in [2.05, 4.69) is 10.1 Å². The summed E-state index contributed by atoms with van der Waals surface area (Å²) in [7, 11) is 0. The Kier molecular flexibility index (Phi) is 4.73. The molecule has 0 fully saturated rings. The molecule has 0 spiro atoms. The van der Waals surface area contributed by atoms with Gasteiger partial charge in [-0.1, -0.05) is 23.2 Å². The van der Waals surface area contributed by atoms with E-state index in [0.29, 0.717) is 12.2 Å². The summed E-state index contributed by atoms with van der Waals surface area (Å²) in [5.74, 6) is 1.31. The van der Waals surface area contributed by atoms with Crippen molar-refractivity contribution >= 4 is 28.9 Å². The first-order chi connectivity index (χ1) is 9.45. The van der Waals surface area contributed by atoms with E-state index in [9.17, 15) is 8.78 Å². The van der Waals surface area contributed by atoms with E-state index in [1.165, 1.54) is 12.1 Å². The smallest absolute Gasteiger partial charge is 0.387 e. The fraction of sp³-hybridized carbons (Fsp3) is 0.231. The van der Waals surface area contributed by atoms with Crippen LogP contribution in [0.3, 0.4) is 0 Å². The second-order valence-electron chi connectivity index (χ2n) is 4.01. The first kappa shape index (κ1) is 14.9. The van der Waals surface area contributed by atoms with Gasteiger partial charge in [0, 0.05) is 5.69 Å². The van der Waals surface area contributed by atoms with Crippen molar-refractivity contribution in [2.75, 3.05) is 5.32 Å². The second kappa shape index (κ2) is 6.33. The molecule has 0 aliphatic carbocycles. The lowest BCUT2D eigenvalue weighted by Gasteiger charge is -2.11. The van der Waals surface area contributed by atoms with E-state index in [0.717, 1.165) is 11.5 Å². The van der Waals surface area contributed by atoms with Crippen molar-refractivity contribution in [3.8, 4) is 5.75 Å². The maximum absolute atomic E-state index is 12.2. The fourth-order valence-corrected chi connectivity index (χ4v) is 2.21. The molecule has 3 nitrogen and oxygen atoms in total. The van der Waals surface area contributed by atoms with Crippen molar-refractivity contribution in [2.45, 2.75) is 20.1 Å². The van der Waals surface area contributed by atoms with Crippen LogP contribution in [-0.4, -0.2) is 6.61 Å². The molecule has 2 aromatic rings. The third-order valence-corrected chi connectivity index (χ3v) is 3.03. The third kappa shape index (κ3) is 3.77. The molecule has 0 aliphatic heterocycles. The second-order valence-corrected chi connectivity index (χ2v) is 4.83. The number of hydrogen-bond donors (Lipinski definition) is 1. The van der Waals surface area contributed by atoms with E-state index < -0.39 is 6.61 Å². The van der Waals surface area contributed by atoms with Gasteiger partial charge < -0.3 is 14.5 Å². The first-order valence-corrected chi connectivity index (χ1v) is 6.44. The number of nitrogens with one attached hydrogen (secondary N) is 1. The number of rotatable bonds is 5. The monoisotopic (exact) mass is 321 g/mol. The molecular formula is C13H11Cl2F2NO2. The van der Waals surface area contributed by atoms with Gasteiger partial charge in [0.2, 0.25) is 0 Å². The zero-order chi connectivity index (χ0) is 14.7. The number of alkyl halides is 2. The summed E-state index contributed by atoms with van der Waals surface area (Å²) in [5.41, 5.74) is 0.579. The summed E-state index contributed by atoms with van der Waals surface area (Å²) in [6.45, 7) is -0.710. The van der Waals surface area contributed by atoms with Crippen LogP contribution >= 0.6 is 23.2 Å². The number of anilines is 1. The van der Waals surface area contributed by atoms with Gasteiger partial charge >= 0.3 is 6.61 Å². The van der Waals surface area contributed by atoms with Gasteiger partial charge in [-0.25, -0.2) is 0 Å². The van der Waals surface area contributed by atoms with E-state index in [4.69, 9.17) is 27.6 Å². The Morgan fingerprint density at radius 3 is 2.40 bits per heavy atom. The molecule has 0 radical (unpaired) electrons. The maximum Gasteiger partial charge on any atom is 0.387 e. The molecule has 1 heterocycles. The van der Waals surface area contributed by atoms with Gasteiger partial charge in [-0.15, -0.1) is 0 Å². The van der Waals surface area contributed by atoms with E-state index in [-0.39, 0.29) is 15.8 Å². The average Bonchev–Trinajstić information content (AvgIpc) is 2.77. The Morgan fingerprint density at radius 2 is 1.90 bits per heavy atom. The Balaban J connectivity index is 2.09. The molecule has 7 heteroatoms. The predicted octanol–water partition coefficient (Wildman–Crippen LogP) is 5.11. The minimum atomic E-state index is -2.98. The molecule has 2 rings (SSSR count). The molecule has 0 bridgehead atoms. The lowest BCUT2D eigenvalue weighted by atomic mass is 10.3. The molecule has 20 heavy (non-hydrogen) atoms. The Bertz CT molecular complexity index is 579. The van der Waals surface area contributed by atoms with Crippen LogP contribution in [0.15, 0.2) is 28.7 Å². The number of aryl methyl sites for hydroxylation is 1. The van der Waals surface area contributed by atoms with Crippen molar-refractivity contribution in [3.63, 3.8) is 0 Å². The minimum Gasteiger partial charge on any atom is -0.465 e. The largest absolute Gasteiger partial charge is 0.465 e. The van der Waals surface area contributed by atoms with Crippen LogP contribution in [0.5, 0.6) is 5.75 Å². The van der Waals surface area contributed by atoms with Crippen LogP contribution in [0.2, 0.25) is 10.0 Å². The average molecular weight is 322 g/mol.